The molecule has 3 aromatic rings. The summed E-state index contributed by atoms with van der Waals surface area (Å²) in [6.45, 7) is 0. The molecule has 0 atom stereocenters. The van der Waals surface area contributed by atoms with Gasteiger partial charge in [-0.3, -0.25) is 4.79 Å². The largest absolute Gasteiger partial charge is 0.456 e. The summed E-state index contributed by atoms with van der Waals surface area (Å²) in [4.78, 5) is 14.7. The van der Waals surface area contributed by atoms with Gasteiger partial charge >= 0.3 is 0 Å². The Labute approximate surface area is 174 Å². The topological polar surface area (TPSA) is 65.9 Å². The summed E-state index contributed by atoms with van der Waals surface area (Å²) < 4.78 is 6.31. The maximum atomic E-state index is 12.0. The van der Waals surface area contributed by atoms with Gasteiger partial charge in [0.1, 0.15) is 10.2 Å². The Morgan fingerprint density at radius 2 is 1.96 bits per heavy atom. The number of H-pyrrole nitrogens is 1. The van der Waals surface area contributed by atoms with Gasteiger partial charge in [-0.1, -0.05) is 41.9 Å². The second kappa shape index (κ2) is 9.26. The van der Waals surface area contributed by atoms with E-state index < -0.39 is 0 Å². The lowest BCUT2D eigenvalue weighted by Gasteiger charge is -2.13. The Balaban J connectivity index is 1.83. The number of pyridine rings is 1. The van der Waals surface area contributed by atoms with Crippen molar-refractivity contribution >= 4 is 45.5 Å². The van der Waals surface area contributed by atoms with Crippen molar-refractivity contribution < 1.29 is 4.74 Å². The van der Waals surface area contributed by atoms with Crippen molar-refractivity contribution in [1.82, 2.24) is 4.98 Å². The van der Waals surface area contributed by atoms with Crippen molar-refractivity contribution in [3.63, 3.8) is 0 Å². The van der Waals surface area contributed by atoms with Crippen molar-refractivity contribution in [2.24, 2.45) is 0 Å². The molecule has 2 aromatic carbocycles. The molecule has 1 heterocycles. The highest BCUT2D eigenvalue weighted by molar-refractivity contribution is 9.10. The first-order valence-electron chi connectivity index (χ1n) is 8.07. The van der Waals surface area contributed by atoms with Crippen LogP contribution in [0.15, 0.2) is 64.0 Å². The maximum absolute atomic E-state index is 12.0. The first-order chi connectivity index (χ1) is 13.1. The van der Waals surface area contributed by atoms with Crippen molar-refractivity contribution in [3.8, 4) is 11.5 Å². The average molecular weight is 464 g/mol. The van der Waals surface area contributed by atoms with Crippen molar-refractivity contribution in [2.75, 3.05) is 0 Å². The van der Waals surface area contributed by atoms with Gasteiger partial charge in [0.25, 0.3) is 5.56 Å². The molecule has 2 N–H and O–H groups in total. The van der Waals surface area contributed by atoms with E-state index in [1.807, 2.05) is 18.2 Å². The van der Waals surface area contributed by atoms with Gasteiger partial charge in [-0.05, 0) is 45.3 Å². The van der Waals surface area contributed by atoms with Crippen LogP contribution in [0.4, 0.5) is 0 Å². The van der Waals surface area contributed by atoms with Crippen LogP contribution >= 0.6 is 39.3 Å². The van der Waals surface area contributed by atoms with Crippen LogP contribution in [0.2, 0.25) is 5.02 Å². The zero-order valence-electron chi connectivity index (χ0n) is 14.2. The summed E-state index contributed by atoms with van der Waals surface area (Å²) in [5.74, 6) is 2.45. The third-order valence-electron chi connectivity index (χ3n) is 3.72. The Morgan fingerprint density at radius 1 is 1.19 bits per heavy atom. The number of hydrogen-bond donors (Lipinski definition) is 2. The molecule has 0 spiro atoms. The lowest BCUT2D eigenvalue weighted by molar-refractivity contribution is 0.473. The van der Waals surface area contributed by atoms with Gasteiger partial charge in [-0.2, -0.15) is 11.8 Å². The van der Waals surface area contributed by atoms with Gasteiger partial charge in [-0.15, -0.1) is 0 Å². The number of halogens is 2. The first kappa shape index (κ1) is 19.7. The van der Waals surface area contributed by atoms with Crippen LogP contribution in [0.3, 0.4) is 0 Å². The van der Waals surface area contributed by atoms with E-state index in [0.717, 1.165) is 11.3 Å². The first-order valence-corrected chi connectivity index (χ1v) is 10.4. The molecule has 0 aliphatic rings. The molecule has 7 heteroatoms. The number of aromatic amines is 1. The molecule has 138 valence electrons. The van der Waals surface area contributed by atoms with E-state index in [4.69, 9.17) is 21.7 Å². The van der Waals surface area contributed by atoms with Crippen LogP contribution in [0.25, 0.3) is 0 Å². The lowest BCUT2D eigenvalue weighted by atomic mass is 10.2. The fraction of sp³-hybridized carbons (Fsp3) is 0.100. The van der Waals surface area contributed by atoms with E-state index in [9.17, 15) is 4.79 Å². The zero-order chi connectivity index (χ0) is 19.2. The monoisotopic (exact) mass is 462 g/mol. The molecule has 3 rings (SSSR count). The molecule has 4 nitrogen and oxygen atoms in total. The minimum absolute atomic E-state index is 0.267. The normalized spacial score (nSPS) is 10.6. The van der Waals surface area contributed by atoms with E-state index in [1.165, 1.54) is 11.8 Å². The van der Waals surface area contributed by atoms with Gasteiger partial charge in [0, 0.05) is 34.5 Å². The number of aromatic nitrogens is 1. The van der Waals surface area contributed by atoms with E-state index >= 15 is 0 Å². The van der Waals surface area contributed by atoms with Gasteiger partial charge in [0.05, 0.1) is 0 Å². The number of hydrogen-bond acceptors (Lipinski definition) is 4. The van der Waals surface area contributed by atoms with Crippen LogP contribution in [0.1, 0.15) is 16.7 Å². The van der Waals surface area contributed by atoms with Crippen LogP contribution < -0.4 is 10.3 Å². The Kier molecular flexibility index (Phi) is 6.77. The third kappa shape index (κ3) is 5.25. The van der Waals surface area contributed by atoms with E-state index in [2.05, 4.69) is 33.0 Å². The summed E-state index contributed by atoms with van der Waals surface area (Å²) in [7, 11) is 0. The summed E-state index contributed by atoms with van der Waals surface area (Å²) in [6.07, 6.45) is 2.87. The average Bonchev–Trinajstić information content (AvgIpc) is 2.67. The van der Waals surface area contributed by atoms with Crippen molar-refractivity contribution in [2.45, 2.75) is 11.5 Å². The quantitative estimate of drug-likeness (QED) is 0.421. The minimum Gasteiger partial charge on any atom is -0.456 e. The van der Waals surface area contributed by atoms with Crippen LogP contribution in [-0.2, 0) is 11.5 Å². The third-order valence-corrected chi connectivity index (χ3v) is 5.71. The van der Waals surface area contributed by atoms with Gasteiger partial charge in [0.2, 0.25) is 0 Å². The van der Waals surface area contributed by atoms with Gasteiger partial charge < -0.3 is 15.1 Å². The summed E-state index contributed by atoms with van der Waals surface area (Å²) >= 11 is 11.1. The molecule has 0 saturated carbocycles. The number of thioether (sulfide) groups is 1. The smallest absolute Gasteiger partial charge is 0.266 e. The number of benzene rings is 2. The fourth-order valence-corrected chi connectivity index (χ4v) is 4.09. The zero-order valence-corrected chi connectivity index (χ0v) is 17.3. The highest BCUT2D eigenvalue weighted by Crippen LogP contribution is 2.34. The van der Waals surface area contributed by atoms with Crippen LogP contribution in [0, 0.1) is 5.41 Å². The molecule has 0 aliphatic carbocycles. The molecule has 0 saturated heterocycles. The molecular weight excluding hydrogens is 448 g/mol. The maximum Gasteiger partial charge on any atom is 0.266 e. The Bertz CT molecular complexity index is 1010. The number of ether oxygens (including phenoxy) is 1. The molecule has 0 amide bonds. The molecule has 0 unspecified atom stereocenters. The predicted molar refractivity (Wildman–Crippen MR) is 116 cm³/mol. The standard InChI is InChI=1S/C20H16BrClN2O2S/c21-18-19(26-17-7-14(9-23)6-16(22)8-17)15(10-24-20(18)25)12-27-11-13-4-2-1-3-5-13/h1-10,23H,11-12H2,(H,24,25). The van der Waals surface area contributed by atoms with E-state index in [0.29, 0.717) is 32.3 Å². The number of nitrogens with one attached hydrogen (secondary N) is 2. The summed E-state index contributed by atoms with van der Waals surface area (Å²) in [5.41, 5.74) is 2.45. The van der Waals surface area contributed by atoms with Crippen molar-refractivity contribution in [3.05, 3.63) is 91.3 Å². The molecule has 0 aliphatic heterocycles. The van der Waals surface area contributed by atoms with E-state index in [-0.39, 0.29) is 5.56 Å². The second-order valence-corrected chi connectivity index (χ2v) is 7.95. The Hall–Kier alpha value is -2.02. The summed E-state index contributed by atoms with van der Waals surface area (Å²) in [5, 5.41) is 7.87. The lowest BCUT2D eigenvalue weighted by Crippen LogP contribution is -2.09. The van der Waals surface area contributed by atoms with E-state index in [1.54, 1.807) is 36.2 Å². The molecule has 0 radical (unpaired) electrons. The van der Waals surface area contributed by atoms with Crippen molar-refractivity contribution in [1.29, 1.82) is 5.41 Å². The van der Waals surface area contributed by atoms with Crippen LogP contribution in [-0.4, -0.2) is 11.2 Å². The fourth-order valence-electron chi connectivity index (χ4n) is 2.44. The predicted octanol–water partition coefficient (Wildman–Crippen LogP) is 6.01. The SMILES string of the molecule is N=Cc1cc(Cl)cc(Oc2c(CSCc3ccccc3)c[nH]c(=O)c2Br)c1. The van der Waals surface area contributed by atoms with Crippen LogP contribution in [0.5, 0.6) is 11.5 Å². The summed E-state index contributed by atoms with van der Waals surface area (Å²) in [6, 6.07) is 15.2. The van der Waals surface area contributed by atoms with Gasteiger partial charge in [-0.25, -0.2) is 0 Å². The molecule has 0 bridgehead atoms. The second-order valence-electron chi connectivity index (χ2n) is 5.73. The van der Waals surface area contributed by atoms with Gasteiger partial charge in [0.15, 0.2) is 5.75 Å². The highest BCUT2D eigenvalue weighted by Gasteiger charge is 2.14. The molecule has 0 fully saturated rings. The molecule has 1 aromatic heterocycles. The minimum atomic E-state index is -0.267. The number of rotatable bonds is 7. The Morgan fingerprint density at radius 3 is 2.70 bits per heavy atom. The molecule has 27 heavy (non-hydrogen) atoms. The highest BCUT2D eigenvalue weighted by atomic mass is 79.9. The molecular formula is C20H16BrClN2O2S.